The molecule has 21 heavy (non-hydrogen) atoms. The number of benzene rings is 1. The van der Waals surface area contributed by atoms with Gasteiger partial charge in [-0.1, -0.05) is 19.9 Å². The monoisotopic (exact) mass is 294 g/mol. The minimum absolute atomic E-state index is 0.162. The van der Waals surface area contributed by atoms with E-state index in [0.717, 1.165) is 25.2 Å². The number of nitrogens with zero attached hydrogens (tertiary/aromatic N) is 1. The molecule has 0 amide bonds. The second kappa shape index (κ2) is 8.25. The van der Waals surface area contributed by atoms with Gasteiger partial charge in [0.15, 0.2) is 0 Å². The number of nitrogens with two attached hydrogens (primary N) is 1. The summed E-state index contributed by atoms with van der Waals surface area (Å²) in [7, 11) is 0. The van der Waals surface area contributed by atoms with Crippen molar-refractivity contribution >= 4 is 5.69 Å². The van der Waals surface area contributed by atoms with E-state index in [1.165, 1.54) is 0 Å². The van der Waals surface area contributed by atoms with E-state index in [1.807, 2.05) is 12.1 Å². The van der Waals surface area contributed by atoms with Crippen molar-refractivity contribution in [3.8, 4) is 5.75 Å². The second-order valence-corrected chi connectivity index (χ2v) is 5.98. The molecule has 0 radical (unpaired) electrons. The van der Waals surface area contributed by atoms with Gasteiger partial charge in [-0.3, -0.25) is 0 Å². The molecule has 4 heteroatoms. The van der Waals surface area contributed by atoms with E-state index in [9.17, 15) is 10.2 Å². The lowest BCUT2D eigenvalue weighted by Gasteiger charge is -2.24. The fraction of sp³-hybridized carbons (Fsp3) is 0.647. The second-order valence-electron chi connectivity index (χ2n) is 5.98. The first-order chi connectivity index (χ1) is 9.90. The van der Waals surface area contributed by atoms with Crippen LogP contribution in [0.1, 0.15) is 52.1 Å². The maximum absolute atomic E-state index is 10.2. The Bertz CT molecular complexity index is 431. The lowest BCUT2D eigenvalue weighted by atomic mass is 9.95. The van der Waals surface area contributed by atoms with E-state index in [2.05, 4.69) is 32.6 Å². The summed E-state index contributed by atoms with van der Waals surface area (Å²) in [5.41, 5.74) is 7.68. The van der Waals surface area contributed by atoms with Crippen molar-refractivity contribution in [2.45, 2.75) is 52.7 Å². The van der Waals surface area contributed by atoms with Crippen LogP contribution in [-0.4, -0.2) is 29.4 Å². The summed E-state index contributed by atoms with van der Waals surface area (Å²) in [5, 5.41) is 20.4. The zero-order valence-electron chi connectivity index (χ0n) is 13.7. The lowest BCUT2D eigenvalue weighted by molar-refractivity contribution is 0.127. The Morgan fingerprint density at radius 3 is 2.24 bits per heavy atom. The first kappa shape index (κ1) is 17.8. The minimum atomic E-state index is -0.627. The molecule has 1 aromatic carbocycles. The van der Waals surface area contributed by atoms with Crippen LogP contribution in [0.25, 0.3) is 0 Å². The smallest absolute Gasteiger partial charge is 0.122 e. The average molecular weight is 294 g/mol. The minimum Gasteiger partial charge on any atom is -0.508 e. The molecule has 4 N–H and O–H groups in total. The summed E-state index contributed by atoms with van der Waals surface area (Å²) in [6.07, 6.45) is 0.945. The van der Waals surface area contributed by atoms with Crippen LogP contribution in [0.3, 0.4) is 0 Å². The summed E-state index contributed by atoms with van der Waals surface area (Å²) in [6.45, 7) is 10.2. The average Bonchev–Trinajstić information content (AvgIpc) is 2.45. The number of hydrogen-bond donors (Lipinski definition) is 3. The van der Waals surface area contributed by atoms with Gasteiger partial charge in [0.1, 0.15) is 5.75 Å². The topological polar surface area (TPSA) is 69.7 Å². The number of phenolic OH excluding ortho intramolecular Hbond substituents is 1. The number of rotatable bonds is 8. The molecule has 0 bridgehead atoms. The van der Waals surface area contributed by atoms with Crippen molar-refractivity contribution in [2.75, 3.05) is 18.0 Å². The molecule has 2 atom stereocenters. The van der Waals surface area contributed by atoms with Crippen LogP contribution in [0.15, 0.2) is 18.2 Å². The summed E-state index contributed by atoms with van der Waals surface area (Å²) in [6, 6.07) is 4.97. The number of phenols is 1. The number of aliphatic hydroxyl groups is 1. The predicted octanol–water partition coefficient (Wildman–Crippen LogP) is 3.04. The van der Waals surface area contributed by atoms with Gasteiger partial charge in [-0.2, -0.15) is 0 Å². The molecular formula is C17H30N2O2. The summed E-state index contributed by atoms with van der Waals surface area (Å²) in [4.78, 5) is 2.16. The molecule has 0 aliphatic heterocycles. The fourth-order valence-electron chi connectivity index (χ4n) is 2.49. The Hall–Kier alpha value is -1.26. The van der Waals surface area contributed by atoms with Crippen LogP contribution in [0.2, 0.25) is 0 Å². The molecule has 0 aliphatic carbocycles. The Labute approximate surface area is 128 Å². The van der Waals surface area contributed by atoms with Crippen molar-refractivity contribution in [1.29, 1.82) is 0 Å². The van der Waals surface area contributed by atoms with Crippen molar-refractivity contribution in [2.24, 2.45) is 11.7 Å². The highest BCUT2D eigenvalue weighted by atomic mass is 16.3. The predicted molar refractivity (Wildman–Crippen MR) is 88.7 cm³/mol. The van der Waals surface area contributed by atoms with Crippen molar-refractivity contribution in [1.82, 2.24) is 0 Å². The number of anilines is 1. The van der Waals surface area contributed by atoms with Crippen LogP contribution >= 0.6 is 0 Å². The van der Waals surface area contributed by atoms with Crippen molar-refractivity contribution in [3.05, 3.63) is 23.8 Å². The third-order valence-electron chi connectivity index (χ3n) is 3.96. The zero-order valence-corrected chi connectivity index (χ0v) is 13.7. The maximum atomic E-state index is 10.2. The lowest BCUT2D eigenvalue weighted by Crippen LogP contribution is -2.27. The highest BCUT2D eigenvalue weighted by Crippen LogP contribution is 2.30. The van der Waals surface area contributed by atoms with Crippen LogP contribution in [-0.2, 0) is 0 Å². The molecule has 4 nitrogen and oxygen atoms in total. The molecule has 0 heterocycles. The van der Waals surface area contributed by atoms with Gasteiger partial charge in [0.2, 0.25) is 0 Å². The standard InChI is InChI=1S/C17H30N2O2/c1-5-19(6-2)13-8-9-14(16(21)11-13)17(18)15(20)10-7-12(3)4/h8-9,11-12,15,17,20-21H,5-7,10,18H2,1-4H3/t15-,17+/m1/s1. The first-order valence-corrected chi connectivity index (χ1v) is 7.92. The molecular weight excluding hydrogens is 264 g/mol. The first-order valence-electron chi connectivity index (χ1n) is 7.92. The van der Waals surface area contributed by atoms with Gasteiger partial charge in [-0.05, 0) is 38.7 Å². The molecule has 0 fully saturated rings. The van der Waals surface area contributed by atoms with E-state index in [-0.39, 0.29) is 5.75 Å². The van der Waals surface area contributed by atoms with Gasteiger partial charge in [-0.25, -0.2) is 0 Å². The van der Waals surface area contributed by atoms with Crippen LogP contribution in [0.4, 0.5) is 5.69 Å². The molecule has 1 rings (SSSR count). The van der Waals surface area contributed by atoms with Crippen LogP contribution in [0, 0.1) is 5.92 Å². The summed E-state index contributed by atoms with van der Waals surface area (Å²) >= 11 is 0. The Kier molecular flexibility index (Phi) is 6.99. The normalized spacial score (nSPS) is 14.2. The third-order valence-corrected chi connectivity index (χ3v) is 3.96. The van der Waals surface area contributed by atoms with E-state index >= 15 is 0 Å². The Balaban J connectivity index is 2.83. The molecule has 0 aliphatic rings. The van der Waals surface area contributed by atoms with Crippen molar-refractivity contribution < 1.29 is 10.2 Å². The van der Waals surface area contributed by atoms with Gasteiger partial charge in [0.25, 0.3) is 0 Å². The largest absolute Gasteiger partial charge is 0.508 e. The van der Waals surface area contributed by atoms with E-state index in [0.29, 0.717) is 17.9 Å². The van der Waals surface area contributed by atoms with Gasteiger partial charge in [0.05, 0.1) is 12.1 Å². The Morgan fingerprint density at radius 2 is 1.76 bits per heavy atom. The van der Waals surface area contributed by atoms with Crippen LogP contribution in [0.5, 0.6) is 5.75 Å². The van der Waals surface area contributed by atoms with Gasteiger partial charge in [0, 0.05) is 30.4 Å². The third kappa shape index (κ3) is 4.90. The van der Waals surface area contributed by atoms with Crippen LogP contribution < -0.4 is 10.6 Å². The zero-order chi connectivity index (χ0) is 16.0. The quantitative estimate of drug-likeness (QED) is 0.689. The number of aromatic hydroxyl groups is 1. The molecule has 0 aromatic heterocycles. The molecule has 0 saturated carbocycles. The highest BCUT2D eigenvalue weighted by molar-refractivity contribution is 5.54. The molecule has 0 unspecified atom stereocenters. The van der Waals surface area contributed by atoms with Crippen molar-refractivity contribution in [3.63, 3.8) is 0 Å². The summed E-state index contributed by atoms with van der Waals surface area (Å²) in [5.74, 6) is 0.695. The molecule has 120 valence electrons. The summed E-state index contributed by atoms with van der Waals surface area (Å²) < 4.78 is 0. The Morgan fingerprint density at radius 1 is 1.14 bits per heavy atom. The number of aliphatic hydroxyl groups excluding tert-OH is 1. The molecule has 0 spiro atoms. The fourth-order valence-corrected chi connectivity index (χ4v) is 2.49. The van der Waals surface area contributed by atoms with E-state index in [4.69, 9.17) is 5.73 Å². The van der Waals surface area contributed by atoms with E-state index < -0.39 is 12.1 Å². The highest BCUT2D eigenvalue weighted by Gasteiger charge is 2.20. The van der Waals surface area contributed by atoms with Gasteiger partial charge >= 0.3 is 0 Å². The molecule has 0 saturated heterocycles. The number of hydrogen-bond acceptors (Lipinski definition) is 4. The SMILES string of the molecule is CCN(CC)c1ccc([C@H](N)[C@H](O)CCC(C)C)c(O)c1. The van der Waals surface area contributed by atoms with Gasteiger partial charge < -0.3 is 20.8 Å². The van der Waals surface area contributed by atoms with E-state index in [1.54, 1.807) is 6.07 Å². The maximum Gasteiger partial charge on any atom is 0.122 e. The van der Waals surface area contributed by atoms with Gasteiger partial charge in [-0.15, -0.1) is 0 Å². The molecule has 1 aromatic rings.